The minimum absolute atomic E-state index is 0.203. The predicted octanol–water partition coefficient (Wildman–Crippen LogP) is 2.36. The summed E-state index contributed by atoms with van der Waals surface area (Å²) >= 11 is 5.89. The summed E-state index contributed by atoms with van der Waals surface area (Å²) in [5, 5.41) is 12.1. The molecule has 28 heavy (non-hydrogen) atoms. The molecule has 1 fully saturated rings. The summed E-state index contributed by atoms with van der Waals surface area (Å²) in [6, 6.07) is 5.46. The van der Waals surface area contributed by atoms with Gasteiger partial charge in [0, 0.05) is 62.2 Å². The zero-order valence-electron chi connectivity index (χ0n) is 15.7. The first-order valence-corrected chi connectivity index (χ1v) is 9.41. The number of pyridine rings is 1. The minimum Gasteiger partial charge on any atom is -0.476 e. The van der Waals surface area contributed by atoms with Crippen molar-refractivity contribution < 1.29 is 4.74 Å². The molecule has 0 spiro atoms. The number of nitrogens with zero attached hydrogens (tertiary/aromatic N) is 5. The molecular formula is C19H21ClN6O2. The van der Waals surface area contributed by atoms with Gasteiger partial charge >= 0.3 is 0 Å². The largest absolute Gasteiger partial charge is 0.476 e. The molecule has 3 aromatic rings. The fraction of sp³-hybridized carbons (Fsp3) is 0.368. The van der Waals surface area contributed by atoms with E-state index < -0.39 is 0 Å². The number of aromatic nitrogens is 5. The molecule has 1 aliphatic carbocycles. The lowest BCUT2D eigenvalue weighted by molar-refractivity contribution is 0.278. The van der Waals surface area contributed by atoms with Crippen molar-refractivity contribution in [3.05, 3.63) is 63.4 Å². The van der Waals surface area contributed by atoms with Crippen LogP contribution >= 0.6 is 11.6 Å². The number of hydrogen-bond donors (Lipinski definition) is 1. The number of rotatable bonds is 7. The molecule has 8 nitrogen and oxygen atoms in total. The van der Waals surface area contributed by atoms with Gasteiger partial charge in [-0.2, -0.15) is 5.10 Å². The highest BCUT2D eigenvalue weighted by molar-refractivity contribution is 6.30. The van der Waals surface area contributed by atoms with Crippen molar-refractivity contribution in [1.29, 1.82) is 0 Å². The Morgan fingerprint density at radius 1 is 1.32 bits per heavy atom. The van der Waals surface area contributed by atoms with Crippen LogP contribution in [0.3, 0.4) is 0 Å². The molecule has 0 amide bonds. The molecule has 2 unspecified atom stereocenters. The number of ether oxygens (including phenoxy) is 1. The van der Waals surface area contributed by atoms with E-state index in [9.17, 15) is 4.79 Å². The Morgan fingerprint density at radius 2 is 2.18 bits per heavy atom. The van der Waals surface area contributed by atoms with Crippen LogP contribution in [0.5, 0.6) is 5.88 Å². The normalized spacial score (nSPS) is 18.1. The Morgan fingerprint density at radius 3 is 2.89 bits per heavy atom. The maximum Gasteiger partial charge on any atom is 0.290 e. The van der Waals surface area contributed by atoms with E-state index in [0.29, 0.717) is 41.6 Å². The Bertz CT molecular complexity index is 1030. The fourth-order valence-corrected chi connectivity index (χ4v) is 3.24. The zero-order valence-corrected chi connectivity index (χ0v) is 16.4. The molecular weight excluding hydrogens is 380 g/mol. The third-order valence-electron chi connectivity index (χ3n) is 4.78. The molecule has 1 aliphatic rings. The lowest BCUT2D eigenvalue weighted by Crippen LogP contribution is -2.24. The zero-order chi connectivity index (χ0) is 19.7. The molecule has 146 valence electrons. The van der Waals surface area contributed by atoms with Crippen LogP contribution in [0.15, 0.2) is 41.6 Å². The summed E-state index contributed by atoms with van der Waals surface area (Å²) in [4.78, 5) is 16.7. The maximum atomic E-state index is 12.3. The molecule has 3 aromatic heterocycles. The van der Waals surface area contributed by atoms with E-state index in [1.807, 2.05) is 25.4 Å². The van der Waals surface area contributed by atoms with Crippen LogP contribution in [-0.2, 0) is 20.6 Å². The Labute approximate surface area is 167 Å². The smallest absolute Gasteiger partial charge is 0.290 e. The first-order valence-electron chi connectivity index (χ1n) is 9.03. The van der Waals surface area contributed by atoms with Gasteiger partial charge in [0.15, 0.2) is 0 Å². The van der Waals surface area contributed by atoms with Crippen LogP contribution in [0.25, 0.3) is 0 Å². The van der Waals surface area contributed by atoms with E-state index >= 15 is 0 Å². The highest BCUT2D eigenvalue weighted by Gasteiger charge is 2.40. The van der Waals surface area contributed by atoms with Crippen molar-refractivity contribution in [3.8, 4) is 5.88 Å². The highest BCUT2D eigenvalue weighted by Crippen LogP contribution is 2.46. The summed E-state index contributed by atoms with van der Waals surface area (Å²) in [5.41, 5.74) is 2.26. The third-order valence-corrected chi connectivity index (χ3v) is 5.00. The number of hydrogen-bond acceptors (Lipinski definition) is 6. The standard InChI is InChI=1S/C19H21ClN6O2/c1-25-10-12(8-23-25)7-21-17-6-18(24-26(2)19(17)27)28-11-13-5-15(13)16-4-3-14(20)9-22-16/h3-4,6,8-10,13,15,21H,5,7,11H2,1-2H3. The molecule has 1 saturated carbocycles. The summed E-state index contributed by atoms with van der Waals surface area (Å²) < 4.78 is 8.86. The number of anilines is 1. The lowest BCUT2D eigenvalue weighted by Gasteiger charge is -2.10. The molecule has 0 aromatic carbocycles. The van der Waals surface area contributed by atoms with Crippen molar-refractivity contribution in [2.75, 3.05) is 11.9 Å². The van der Waals surface area contributed by atoms with Crippen LogP contribution in [0, 0.1) is 5.92 Å². The van der Waals surface area contributed by atoms with Gasteiger partial charge in [-0.1, -0.05) is 11.6 Å². The maximum absolute atomic E-state index is 12.3. The van der Waals surface area contributed by atoms with Crippen LogP contribution < -0.4 is 15.6 Å². The van der Waals surface area contributed by atoms with Crippen LogP contribution in [0.4, 0.5) is 5.69 Å². The van der Waals surface area contributed by atoms with Crippen molar-refractivity contribution in [1.82, 2.24) is 24.5 Å². The van der Waals surface area contributed by atoms with Gasteiger partial charge in [-0.05, 0) is 18.6 Å². The van der Waals surface area contributed by atoms with Gasteiger partial charge in [0.1, 0.15) is 5.69 Å². The quantitative estimate of drug-likeness (QED) is 0.655. The monoisotopic (exact) mass is 400 g/mol. The molecule has 3 heterocycles. The van der Waals surface area contributed by atoms with Crippen LogP contribution in [0.2, 0.25) is 5.02 Å². The highest BCUT2D eigenvalue weighted by atomic mass is 35.5. The topological polar surface area (TPSA) is 86.9 Å². The summed E-state index contributed by atoms with van der Waals surface area (Å²) in [6.07, 6.45) is 6.34. The van der Waals surface area contributed by atoms with E-state index in [1.165, 1.54) is 4.68 Å². The van der Waals surface area contributed by atoms with Crippen molar-refractivity contribution >= 4 is 17.3 Å². The Kier molecular flexibility index (Phi) is 5.04. The predicted molar refractivity (Wildman–Crippen MR) is 106 cm³/mol. The first-order chi connectivity index (χ1) is 13.5. The van der Waals surface area contributed by atoms with Gasteiger partial charge in [0.25, 0.3) is 5.56 Å². The van der Waals surface area contributed by atoms with Gasteiger partial charge in [-0.25, -0.2) is 4.68 Å². The Hall–Kier alpha value is -2.87. The summed E-state index contributed by atoms with van der Waals surface area (Å²) in [6.45, 7) is 1.03. The molecule has 9 heteroatoms. The molecule has 0 aliphatic heterocycles. The van der Waals surface area contributed by atoms with Crippen molar-refractivity contribution in [3.63, 3.8) is 0 Å². The van der Waals surface area contributed by atoms with Gasteiger partial charge in [-0.3, -0.25) is 14.5 Å². The van der Waals surface area contributed by atoms with Gasteiger partial charge < -0.3 is 10.1 Å². The van der Waals surface area contributed by atoms with E-state index in [0.717, 1.165) is 17.7 Å². The number of aryl methyl sites for hydroxylation is 2. The van der Waals surface area contributed by atoms with Gasteiger partial charge in [-0.15, -0.1) is 5.10 Å². The molecule has 1 N–H and O–H groups in total. The number of halogens is 1. The molecule has 2 atom stereocenters. The average Bonchev–Trinajstić information content (AvgIpc) is 3.34. The minimum atomic E-state index is -0.203. The Balaban J connectivity index is 1.37. The second-order valence-electron chi connectivity index (χ2n) is 7.02. The van der Waals surface area contributed by atoms with Gasteiger partial charge in [0.2, 0.25) is 5.88 Å². The molecule has 0 radical (unpaired) electrons. The van der Waals surface area contributed by atoms with Crippen molar-refractivity contribution in [2.24, 2.45) is 20.0 Å². The van der Waals surface area contributed by atoms with Crippen molar-refractivity contribution in [2.45, 2.75) is 18.9 Å². The second-order valence-corrected chi connectivity index (χ2v) is 7.45. The van der Waals surface area contributed by atoms with Crippen LogP contribution in [-0.4, -0.2) is 31.2 Å². The first kappa shape index (κ1) is 18.5. The van der Waals surface area contributed by atoms with Gasteiger partial charge in [0.05, 0.1) is 17.8 Å². The molecule has 0 bridgehead atoms. The fourth-order valence-electron chi connectivity index (χ4n) is 3.13. The SMILES string of the molecule is Cn1cc(CNc2cc(OCC3CC3c3ccc(Cl)cn3)nn(C)c2=O)cn1. The number of nitrogens with one attached hydrogen (secondary N) is 1. The van der Waals surface area contributed by atoms with E-state index in [1.54, 1.807) is 30.2 Å². The third kappa shape index (κ3) is 4.17. The second kappa shape index (κ2) is 7.63. The molecule has 4 rings (SSSR count). The summed E-state index contributed by atoms with van der Waals surface area (Å²) in [5.74, 6) is 1.19. The average molecular weight is 401 g/mol. The van der Waals surface area contributed by atoms with E-state index in [-0.39, 0.29) is 5.56 Å². The van der Waals surface area contributed by atoms with E-state index in [2.05, 4.69) is 20.5 Å². The van der Waals surface area contributed by atoms with E-state index in [4.69, 9.17) is 16.3 Å². The lowest BCUT2D eigenvalue weighted by atomic mass is 10.2. The molecule has 0 saturated heterocycles. The summed E-state index contributed by atoms with van der Waals surface area (Å²) in [7, 11) is 3.47. The van der Waals surface area contributed by atoms with Crippen LogP contribution in [0.1, 0.15) is 23.6 Å².